The predicted octanol–water partition coefficient (Wildman–Crippen LogP) is 3.62. The van der Waals surface area contributed by atoms with Crippen molar-refractivity contribution in [2.24, 2.45) is 17.3 Å². The molecular weight excluding hydrogens is 269 g/mol. The van der Waals surface area contributed by atoms with Crippen LogP contribution in [0.15, 0.2) is 0 Å². The summed E-state index contributed by atoms with van der Waals surface area (Å²) in [5.74, 6) is 1.96. The number of alkyl halides is 1. The Kier molecular flexibility index (Phi) is 2.20. The van der Waals surface area contributed by atoms with Gasteiger partial charge in [-0.05, 0) is 63.7 Å². The van der Waals surface area contributed by atoms with Crippen LogP contribution in [-0.4, -0.2) is 22.8 Å². The van der Waals surface area contributed by atoms with E-state index in [9.17, 15) is 0 Å². The average molecular weight is 291 g/mol. The van der Waals surface area contributed by atoms with E-state index in [1.807, 2.05) is 0 Å². The minimum atomic E-state index is -1.19. The van der Waals surface area contributed by atoms with Crippen LogP contribution in [-0.2, 0) is 0 Å². The van der Waals surface area contributed by atoms with Crippen molar-refractivity contribution in [3.8, 4) is 0 Å². The molecule has 4 bridgehead atoms. The topological polar surface area (TPSA) is 26.0 Å². The molecule has 4 fully saturated rings. The lowest BCUT2D eigenvalue weighted by Crippen LogP contribution is -2.57. The van der Waals surface area contributed by atoms with Gasteiger partial charge in [0, 0.05) is 9.48 Å². The van der Waals surface area contributed by atoms with E-state index in [1.54, 1.807) is 0 Å². The molecular formula is C12H22BrNP. The number of rotatable bonds is 1. The van der Waals surface area contributed by atoms with Crippen molar-refractivity contribution in [2.75, 3.05) is 13.3 Å². The highest BCUT2D eigenvalue weighted by Crippen LogP contribution is 2.74. The van der Waals surface area contributed by atoms with Gasteiger partial charge in [0.2, 0.25) is 0 Å². The Morgan fingerprint density at radius 2 is 1.67 bits per heavy atom. The first-order valence-electron chi connectivity index (χ1n) is 6.14. The van der Waals surface area contributed by atoms with Gasteiger partial charge in [0.25, 0.3) is 0 Å². The number of hydrogen-bond acceptors (Lipinski definition) is 1. The summed E-state index contributed by atoms with van der Waals surface area (Å²) < 4.78 is 0.480. The molecule has 15 heavy (non-hydrogen) atoms. The Labute approximate surface area is 102 Å². The Morgan fingerprint density at radius 1 is 1.13 bits per heavy atom. The lowest BCUT2D eigenvalue weighted by atomic mass is 9.56. The SMILES string of the molecule is C[P](C)(N)C12CC3CC(CC(Br)(C3)C1)C2. The zero-order valence-corrected chi connectivity index (χ0v) is 12.3. The molecule has 2 unspecified atom stereocenters. The molecule has 0 amide bonds. The Balaban J connectivity index is 2.00. The van der Waals surface area contributed by atoms with Crippen molar-refractivity contribution in [1.82, 2.24) is 0 Å². The largest absolute Gasteiger partial charge is 0.313 e. The number of hydrogen-bond donors (Lipinski definition) is 1. The molecule has 0 aliphatic heterocycles. The monoisotopic (exact) mass is 290 g/mol. The van der Waals surface area contributed by atoms with Gasteiger partial charge in [0.1, 0.15) is 0 Å². The summed E-state index contributed by atoms with van der Waals surface area (Å²) in [7, 11) is -1.19. The molecule has 4 aliphatic rings. The molecule has 0 aromatic carbocycles. The van der Waals surface area contributed by atoms with E-state index < -0.39 is 7.41 Å². The summed E-state index contributed by atoms with van der Waals surface area (Å²) in [5, 5.41) is 0.542. The normalized spacial score (nSPS) is 53.6. The molecule has 4 rings (SSSR count). The minimum absolute atomic E-state index is 0.480. The van der Waals surface area contributed by atoms with Crippen LogP contribution in [0.3, 0.4) is 0 Å². The van der Waals surface area contributed by atoms with Crippen LogP contribution in [0, 0.1) is 11.8 Å². The lowest BCUT2D eigenvalue weighted by molar-refractivity contribution is 0.0566. The van der Waals surface area contributed by atoms with Gasteiger partial charge in [0.15, 0.2) is 0 Å². The molecule has 3 heteroatoms. The molecule has 4 aliphatic carbocycles. The molecule has 0 aromatic heterocycles. The quantitative estimate of drug-likeness (QED) is 0.579. The van der Waals surface area contributed by atoms with Crippen LogP contribution < -0.4 is 5.50 Å². The van der Waals surface area contributed by atoms with Crippen molar-refractivity contribution in [3.05, 3.63) is 0 Å². The predicted molar refractivity (Wildman–Crippen MR) is 72.0 cm³/mol. The molecule has 1 radical (unpaired) electrons. The third kappa shape index (κ3) is 1.55. The van der Waals surface area contributed by atoms with Crippen molar-refractivity contribution in [2.45, 2.75) is 48.0 Å². The summed E-state index contributed by atoms with van der Waals surface area (Å²) in [6.07, 6.45) is 8.58. The third-order valence-corrected chi connectivity index (χ3v) is 9.08. The molecule has 2 atom stereocenters. The lowest BCUT2D eigenvalue weighted by Gasteiger charge is -2.65. The van der Waals surface area contributed by atoms with E-state index in [1.165, 1.54) is 38.5 Å². The van der Waals surface area contributed by atoms with Crippen LogP contribution >= 0.6 is 23.3 Å². The zero-order valence-electron chi connectivity index (χ0n) is 9.80. The fourth-order valence-electron chi connectivity index (χ4n) is 4.78. The second kappa shape index (κ2) is 3.00. The zero-order chi connectivity index (χ0) is 10.9. The smallest absolute Gasteiger partial charge is 0.0272 e. The standard InChI is InChI=1S/C12H22BrNP/c1-15(2,14)12-6-9-3-10(7-12)5-11(13,4-9)8-12/h9-10H,3-8,14H2,1-2H3. The van der Waals surface area contributed by atoms with Gasteiger partial charge >= 0.3 is 0 Å². The highest BCUT2D eigenvalue weighted by atomic mass is 79.9. The van der Waals surface area contributed by atoms with Crippen LogP contribution in [0.5, 0.6) is 0 Å². The van der Waals surface area contributed by atoms with Gasteiger partial charge in [-0.2, -0.15) is 0 Å². The van der Waals surface area contributed by atoms with E-state index >= 15 is 0 Å². The summed E-state index contributed by atoms with van der Waals surface area (Å²) in [6, 6.07) is 0. The molecule has 0 aromatic rings. The first-order chi connectivity index (χ1) is 6.82. The van der Waals surface area contributed by atoms with Crippen molar-refractivity contribution < 1.29 is 0 Å². The van der Waals surface area contributed by atoms with Gasteiger partial charge < -0.3 is 5.50 Å². The van der Waals surface area contributed by atoms with Crippen molar-refractivity contribution in [1.29, 1.82) is 0 Å². The average Bonchev–Trinajstić information content (AvgIpc) is 1.95. The highest BCUT2D eigenvalue weighted by Gasteiger charge is 2.60. The third-order valence-electron chi connectivity index (χ3n) is 5.18. The molecule has 4 saturated carbocycles. The van der Waals surface area contributed by atoms with E-state index in [2.05, 4.69) is 29.3 Å². The number of nitrogens with two attached hydrogens (primary N) is 1. The van der Waals surface area contributed by atoms with Crippen LogP contribution in [0.25, 0.3) is 0 Å². The maximum Gasteiger partial charge on any atom is 0.0272 e. The Hall–Kier alpha value is 0.870. The van der Waals surface area contributed by atoms with Crippen molar-refractivity contribution in [3.63, 3.8) is 0 Å². The summed E-state index contributed by atoms with van der Waals surface area (Å²) in [6.45, 7) is 4.72. The summed E-state index contributed by atoms with van der Waals surface area (Å²) in [5.41, 5.74) is 6.58. The van der Waals surface area contributed by atoms with Crippen LogP contribution in [0.4, 0.5) is 0 Å². The maximum atomic E-state index is 6.58. The molecule has 0 heterocycles. The number of halogens is 1. The summed E-state index contributed by atoms with van der Waals surface area (Å²) in [4.78, 5) is 0. The first kappa shape index (κ1) is 11.0. The van der Waals surface area contributed by atoms with E-state index in [4.69, 9.17) is 5.50 Å². The highest BCUT2D eigenvalue weighted by molar-refractivity contribution is 9.10. The molecule has 87 valence electrons. The van der Waals surface area contributed by atoms with E-state index in [-0.39, 0.29) is 0 Å². The van der Waals surface area contributed by atoms with Gasteiger partial charge in [-0.25, -0.2) is 0 Å². The second-order valence-electron chi connectivity index (χ2n) is 6.88. The molecule has 1 nitrogen and oxygen atoms in total. The van der Waals surface area contributed by atoms with E-state index in [0.717, 1.165) is 11.8 Å². The fourth-order valence-corrected chi connectivity index (χ4v) is 8.61. The molecule has 0 saturated heterocycles. The van der Waals surface area contributed by atoms with E-state index in [0.29, 0.717) is 9.48 Å². The van der Waals surface area contributed by atoms with Crippen LogP contribution in [0.1, 0.15) is 38.5 Å². The second-order valence-corrected chi connectivity index (χ2v) is 12.6. The van der Waals surface area contributed by atoms with Gasteiger partial charge in [-0.15, -0.1) is 0 Å². The molecule has 2 N–H and O–H groups in total. The van der Waals surface area contributed by atoms with Gasteiger partial charge in [-0.3, -0.25) is 0 Å². The van der Waals surface area contributed by atoms with Gasteiger partial charge in [-0.1, -0.05) is 23.3 Å². The Morgan fingerprint density at radius 3 is 2.07 bits per heavy atom. The first-order valence-corrected chi connectivity index (χ1v) is 9.68. The maximum absolute atomic E-state index is 6.58. The van der Waals surface area contributed by atoms with Crippen LogP contribution in [0.2, 0.25) is 0 Å². The van der Waals surface area contributed by atoms with Crippen molar-refractivity contribution >= 4 is 23.3 Å². The van der Waals surface area contributed by atoms with Gasteiger partial charge in [0.05, 0.1) is 0 Å². The Bertz CT molecular complexity index is 282. The molecule has 0 spiro atoms. The summed E-state index contributed by atoms with van der Waals surface area (Å²) >= 11 is 4.05. The minimum Gasteiger partial charge on any atom is -0.313 e. The fraction of sp³-hybridized carbons (Fsp3) is 1.00.